The minimum Gasteiger partial charge on any atom is -0.256 e. The smallest absolute Gasteiger partial charge is 0.0705 e. The molecular formula is C21H17N. The van der Waals surface area contributed by atoms with E-state index in [2.05, 4.69) is 11.1 Å². The van der Waals surface area contributed by atoms with Crippen molar-refractivity contribution in [3.8, 4) is 11.3 Å². The summed E-state index contributed by atoms with van der Waals surface area (Å²) in [5, 5.41) is 4.31. The number of fused-ring (bicyclic) bond motifs is 3. The minimum atomic E-state index is -2.54. The van der Waals surface area contributed by atoms with Crippen LogP contribution in [-0.2, 0) is 0 Å². The van der Waals surface area contributed by atoms with E-state index in [9.17, 15) is 0 Å². The first-order chi connectivity index (χ1) is 13.1. The highest BCUT2D eigenvalue weighted by Crippen LogP contribution is 2.29. The van der Waals surface area contributed by atoms with Crippen molar-refractivity contribution in [1.82, 2.24) is 4.98 Å². The Bertz CT molecular complexity index is 1190. The Balaban J connectivity index is 1.94. The molecule has 0 unspecified atom stereocenters. The van der Waals surface area contributed by atoms with E-state index >= 15 is 0 Å². The van der Waals surface area contributed by atoms with Gasteiger partial charge in [-0.05, 0) is 58.5 Å². The van der Waals surface area contributed by atoms with Gasteiger partial charge < -0.3 is 0 Å². The fraction of sp³-hybridized carbons (Fsp3) is 0.0952. The molecule has 1 aromatic heterocycles. The lowest BCUT2D eigenvalue weighted by atomic mass is 9.98. The lowest BCUT2D eigenvalue weighted by molar-refractivity contribution is 1.22. The molecule has 0 saturated carbocycles. The van der Waals surface area contributed by atoms with Crippen LogP contribution in [0.3, 0.4) is 0 Å². The van der Waals surface area contributed by atoms with Crippen molar-refractivity contribution in [2.24, 2.45) is 0 Å². The van der Waals surface area contributed by atoms with E-state index in [0.717, 1.165) is 33.3 Å². The second kappa shape index (κ2) is 4.96. The first-order valence-electron chi connectivity index (χ1n) is 10.1. The molecule has 0 N–H and O–H groups in total. The first-order valence-corrected chi connectivity index (χ1v) is 7.07. The molecule has 0 aliphatic heterocycles. The van der Waals surface area contributed by atoms with Crippen LogP contribution < -0.4 is 0 Å². The summed E-state index contributed by atoms with van der Waals surface area (Å²) in [6.07, 6.45) is 1.16. The van der Waals surface area contributed by atoms with E-state index in [1.807, 2.05) is 48.5 Å². The molecule has 0 atom stereocenters. The monoisotopic (exact) mass is 289 g/mol. The molecule has 1 nitrogen and oxygen atoms in total. The van der Waals surface area contributed by atoms with Crippen LogP contribution in [0.1, 0.15) is 19.4 Å². The van der Waals surface area contributed by atoms with Crippen molar-refractivity contribution in [2.75, 3.05) is 0 Å². The Hall–Kier alpha value is -2.67. The zero-order valence-electron chi connectivity index (χ0n) is 17.8. The summed E-state index contributed by atoms with van der Waals surface area (Å²) >= 11 is 0. The van der Waals surface area contributed by atoms with Crippen LogP contribution in [-0.4, -0.2) is 4.98 Å². The maximum atomic E-state index is 7.75. The van der Waals surface area contributed by atoms with Gasteiger partial charge in [0.25, 0.3) is 0 Å². The van der Waals surface area contributed by atoms with Crippen molar-refractivity contribution in [3.63, 3.8) is 0 Å². The average Bonchev–Trinajstić information content (AvgIpc) is 2.65. The lowest BCUT2D eigenvalue weighted by Gasteiger charge is -2.08. The third-order valence-electron chi connectivity index (χ3n) is 3.95. The number of aryl methyl sites for hydroxylation is 2. The van der Waals surface area contributed by atoms with Gasteiger partial charge in [-0.3, -0.25) is 4.98 Å². The summed E-state index contributed by atoms with van der Waals surface area (Å²) in [6.45, 7) is -5.07. The highest BCUT2D eigenvalue weighted by molar-refractivity contribution is 6.08. The minimum absolute atomic E-state index is 0.185. The number of nitrogens with zero attached hydrogens (tertiary/aromatic N) is 1. The van der Waals surface area contributed by atoms with Crippen LogP contribution in [0, 0.1) is 13.7 Å². The number of rotatable bonds is 1. The summed E-state index contributed by atoms with van der Waals surface area (Å²) in [6, 6.07) is 19.3. The molecule has 0 amide bonds. The van der Waals surface area contributed by atoms with E-state index in [0.29, 0.717) is 5.69 Å². The molecule has 1 heterocycles. The van der Waals surface area contributed by atoms with Crippen molar-refractivity contribution in [3.05, 3.63) is 78.0 Å². The number of aromatic nitrogens is 1. The summed E-state index contributed by atoms with van der Waals surface area (Å²) < 4.78 is 46.1. The van der Waals surface area contributed by atoms with Crippen LogP contribution in [0.25, 0.3) is 32.8 Å². The fourth-order valence-corrected chi connectivity index (χ4v) is 2.77. The van der Waals surface area contributed by atoms with E-state index in [4.69, 9.17) is 8.22 Å². The summed E-state index contributed by atoms with van der Waals surface area (Å²) in [5.41, 5.74) is 0.762. The third kappa shape index (κ3) is 2.06. The molecule has 0 radical (unpaired) electrons. The SMILES string of the molecule is [2H]C([2H])([2H])c1cnc(-c2ccc3ccc4ccccc4c3c2)cc1C([2H])([2H])[2H]. The van der Waals surface area contributed by atoms with Gasteiger partial charge in [0.05, 0.1) is 5.69 Å². The van der Waals surface area contributed by atoms with Crippen molar-refractivity contribution in [2.45, 2.75) is 13.7 Å². The van der Waals surface area contributed by atoms with Crippen molar-refractivity contribution < 1.29 is 8.22 Å². The largest absolute Gasteiger partial charge is 0.256 e. The zero-order valence-corrected chi connectivity index (χ0v) is 11.8. The van der Waals surface area contributed by atoms with E-state index in [1.165, 1.54) is 6.07 Å². The zero-order chi connectivity index (χ0) is 20.1. The maximum absolute atomic E-state index is 7.75. The van der Waals surface area contributed by atoms with Crippen molar-refractivity contribution in [1.29, 1.82) is 0 Å². The molecule has 0 fully saturated rings. The normalized spacial score (nSPS) is 16.4. The van der Waals surface area contributed by atoms with E-state index in [1.54, 1.807) is 0 Å². The molecule has 22 heavy (non-hydrogen) atoms. The van der Waals surface area contributed by atoms with Crippen LogP contribution in [0.2, 0.25) is 0 Å². The van der Waals surface area contributed by atoms with Gasteiger partial charge in [-0.1, -0.05) is 48.5 Å². The second-order valence-corrected chi connectivity index (χ2v) is 5.34. The first kappa shape index (κ1) is 8.09. The number of hydrogen-bond donors (Lipinski definition) is 0. The van der Waals surface area contributed by atoms with Crippen LogP contribution in [0.5, 0.6) is 0 Å². The predicted molar refractivity (Wildman–Crippen MR) is 94.2 cm³/mol. The molecular weight excluding hydrogens is 266 g/mol. The maximum Gasteiger partial charge on any atom is 0.0705 e. The third-order valence-corrected chi connectivity index (χ3v) is 3.95. The Labute approximate surface area is 138 Å². The van der Waals surface area contributed by atoms with Gasteiger partial charge in [0.1, 0.15) is 0 Å². The highest BCUT2D eigenvalue weighted by Gasteiger charge is 2.05. The van der Waals surface area contributed by atoms with Gasteiger partial charge in [-0.15, -0.1) is 0 Å². The van der Waals surface area contributed by atoms with Crippen LogP contribution in [0.4, 0.5) is 0 Å². The molecule has 0 aliphatic carbocycles. The van der Waals surface area contributed by atoms with E-state index < -0.39 is 13.7 Å². The molecule has 4 rings (SSSR count). The van der Waals surface area contributed by atoms with Crippen LogP contribution >= 0.6 is 0 Å². The molecule has 106 valence electrons. The Morgan fingerprint density at radius 2 is 1.55 bits per heavy atom. The number of pyridine rings is 1. The van der Waals surface area contributed by atoms with Gasteiger partial charge >= 0.3 is 0 Å². The topological polar surface area (TPSA) is 12.9 Å². The Morgan fingerprint density at radius 1 is 0.773 bits per heavy atom. The Morgan fingerprint density at radius 3 is 2.41 bits per heavy atom. The summed E-state index contributed by atoms with van der Waals surface area (Å²) in [5.74, 6) is 0. The predicted octanol–water partition coefficient (Wildman–Crippen LogP) is 5.67. The standard InChI is InChI=1S/C21H17N/c1-14-11-21(22-13-15(14)2)18-10-9-17-8-7-16-5-3-4-6-19(16)20(17)12-18/h3-13H,1-2H3/i1D3,2D3. The number of hydrogen-bond acceptors (Lipinski definition) is 1. The van der Waals surface area contributed by atoms with E-state index in [-0.39, 0.29) is 11.1 Å². The van der Waals surface area contributed by atoms with Gasteiger partial charge in [0.2, 0.25) is 0 Å². The molecule has 0 saturated heterocycles. The fourth-order valence-electron chi connectivity index (χ4n) is 2.77. The number of benzene rings is 3. The summed E-state index contributed by atoms with van der Waals surface area (Å²) in [7, 11) is 0. The van der Waals surface area contributed by atoms with Crippen LogP contribution in [0.15, 0.2) is 66.9 Å². The highest BCUT2D eigenvalue weighted by atomic mass is 14.7. The lowest BCUT2D eigenvalue weighted by Crippen LogP contribution is -1.88. The van der Waals surface area contributed by atoms with Gasteiger partial charge in [-0.2, -0.15) is 0 Å². The molecule has 4 aromatic rings. The molecule has 1 heteroatoms. The molecule has 3 aromatic carbocycles. The van der Waals surface area contributed by atoms with Gasteiger partial charge in [-0.25, -0.2) is 0 Å². The molecule has 0 bridgehead atoms. The van der Waals surface area contributed by atoms with Crippen molar-refractivity contribution >= 4 is 21.5 Å². The molecule has 0 aliphatic rings. The molecule has 0 spiro atoms. The van der Waals surface area contributed by atoms with Gasteiger partial charge in [0, 0.05) is 20.0 Å². The summed E-state index contributed by atoms with van der Waals surface area (Å²) in [4.78, 5) is 4.27. The quantitative estimate of drug-likeness (QED) is 0.411. The Kier molecular flexibility index (Phi) is 1.82. The van der Waals surface area contributed by atoms with Gasteiger partial charge in [0.15, 0.2) is 0 Å². The second-order valence-electron chi connectivity index (χ2n) is 5.34. The average molecular weight is 289 g/mol.